The van der Waals surface area contributed by atoms with E-state index in [1.165, 1.54) is 18.2 Å². The average Bonchev–Trinajstić information content (AvgIpc) is 2.85. The molecule has 2 N–H and O–H groups in total. The van der Waals surface area contributed by atoms with Crippen molar-refractivity contribution < 1.29 is 18.8 Å². The van der Waals surface area contributed by atoms with Gasteiger partial charge in [-0.15, -0.1) is 0 Å². The maximum atomic E-state index is 13.5. The van der Waals surface area contributed by atoms with E-state index in [0.29, 0.717) is 28.1 Å². The minimum atomic E-state index is -0.718. The molecule has 0 spiro atoms. The van der Waals surface area contributed by atoms with E-state index in [4.69, 9.17) is 0 Å². The number of ketones is 1. The predicted octanol–water partition coefficient (Wildman–Crippen LogP) is 4.47. The third-order valence-electron chi connectivity index (χ3n) is 6.30. The number of carbonyl (C=O) groups excluding carboxylic acids is 3. The van der Waals surface area contributed by atoms with Crippen molar-refractivity contribution in [2.75, 3.05) is 5.32 Å². The molecule has 31 heavy (non-hydrogen) atoms. The van der Waals surface area contributed by atoms with Gasteiger partial charge in [0, 0.05) is 24.0 Å². The van der Waals surface area contributed by atoms with E-state index in [0.717, 1.165) is 0 Å². The summed E-state index contributed by atoms with van der Waals surface area (Å²) in [5.74, 6) is -2.20. The number of aromatic nitrogens is 1. The number of nitrogens with zero attached hydrogens (tertiary/aromatic N) is 1. The van der Waals surface area contributed by atoms with Crippen LogP contribution in [0.5, 0.6) is 0 Å². The van der Waals surface area contributed by atoms with Gasteiger partial charge in [-0.1, -0.05) is 20.8 Å². The predicted molar refractivity (Wildman–Crippen MR) is 120 cm³/mol. The SMILES string of the molecule is Cc1cc(NC(=O)c2c(C)c(C(=O)C(=O)NC(C)(C)C(C)(C)C)n(C)c2C)ccc1F. The molecule has 1 heterocycles. The highest BCUT2D eigenvalue weighted by Gasteiger charge is 2.37. The lowest BCUT2D eigenvalue weighted by molar-refractivity contribution is -0.119. The second-order valence-corrected chi connectivity index (χ2v) is 9.57. The lowest BCUT2D eigenvalue weighted by Gasteiger charge is -2.39. The molecule has 0 unspecified atom stereocenters. The summed E-state index contributed by atoms with van der Waals surface area (Å²) < 4.78 is 15.1. The van der Waals surface area contributed by atoms with Gasteiger partial charge in [-0.3, -0.25) is 14.4 Å². The fourth-order valence-electron chi connectivity index (χ4n) is 3.19. The van der Waals surface area contributed by atoms with Gasteiger partial charge < -0.3 is 15.2 Å². The van der Waals surface area contributed by atoms with Gasteiger partial charge in [0.15, 0.2) is 0 Å². The van der Waals surface area contributed by atoms with Gasteiger partial charge in [-0.2, -0.15) is 0 Å². The Morgan fingerprint density at radius 2 is 1.58 bits per heavy atom. The Bertz CT molecular complexity index is 1060. The van der Waals surface area contributed by atoms with Gasteiger partial charge in [0.25, 0.3) is 17.6 Å². The van der Waals surface area contributed by atoms with Crippen molar-refractivity contribution in [1.29, 1.82) is 0 Å². The van der Waals surface area contributed by atoms with Crippen molar-refractivity contribution >= 4 is 23.3 Å². The first-order valence-corrected chi connectivity index (χ1v) is 10.2. The Morgan fingerprint density at radius 1 is 1.00 bits per heavy atom. The molecule has 2 amide bonds. The number of hydrogen-bond donors (Lipinski definition) is 2. The van der Waals surface area contributed by atoms with Gasteiger partial charge in [0.1, 0.15) is 5.82 Å². The van der Waals surface area contributed by atoms with Crippen LogP contribution in [-0.4, -0.2) is 27.7 Å². The highest BCUT2D eigenvalue weighted by atomic mass is 19.1. The monoisotopic (exact) mass is 429 g/mol. The number of amides is 2. The maximum absolute atomic E-state index is 13.5. The molecule has 1 aromatic heterocycles. The minimum absolute atomic E-state index is 0.167. The van der Waals surface area contributed by atoms with E-state index in [1.807, 2.05) is 34.6 Å². The lowest BCUT2D eigenvalue weighted by Crippen LogP contribution is -2.54. The van der Waals surface area contributed by atoms with Gasteiger partial charge in [-0.25, -0.2) is 4.39 Å². The topological polar surface area (TPSA) is 80.2 Å². The molecule has 1 aromatic carbocycles. The lowest BCUT2D eigenvalue weighted by atomic mass is 9.76. The molecule has 6 nitrogen and oxygen atoms in total. The van der Waals surface area contributed by atoms with E-state index in [2.05, 4.69) is 10.6 Å². The van der Waals surface area contributed by atoms with Crippen molar-refractivity contribution in [3.8, 4) is 0 Å². The zero-order valence-electron chi connectivity index (χ0n) is 19.8. The zero-order valence-corrected chi connectivity index (χ0v) is 19.8. The number of hydrogen-bond acceptors (Lipinski definition) is 3. The van der Waals surface area contributed by atoms with Gasteiger partial charge in [0.05, 0.1) is 11.3 Å². The molecule has 0 fully saturated rings. The second-order valence-electron chi connectivity index (χ2n) is 9.57. The molecule has 7 heteroatoms. The summed E-state index contributed by atoms with van der Waals surface area (Å²) >= 11 is 0. The first-order valence-electron chi connectivity index (χ1n) is 10.2. The standard InChI is InChI=1S/C24H32FN3O3/c1-13-12-16(10-11-17(13)25)26-21(30)18-14(2)19(28(9)15(18)3)20(29)22(31)27-24(7,8)23(4,5)6/h10-12H,1-9H3,(H,26,30)(H,27,31). The van der Waals surface area contributed by atoms with Crippen LogP contribution in [0.3, 0.4) is 0 Å². The smallest absolute Gasteiger partial charge is 0.294 e. The highest BCUT2D eigenvalue weighted by molar-refractivity contribution is 6.43. The van der Waals surface area contributed by atoms with Crippen LogP contribution in [-0.2, 0) is 11.8 Å². The quantitative estimate of drug-likeness (QED) is 0.544. The van der Waals surface area contributed by atoms with Crippen LogP contribution >= 0.6 is 0 Å². The largest absolute Gasteiger partial charge is 0.344 e. The van der Waals surface area contributed by atoms with Crippen molar-refractivity contribution in [2.24, 2.45) is 12.5 Å². The Kier molecular flexibility index (Phi) is 6.50. The number of carbonyl (C=O) groups is 3. The van der Waals surface area contributed by atoms with Crippen molar-refractivity contribution in [3.05, 3.63) is 52.1 Å². The van der Waals surface area contributed by atoms with Gasteiger partial charge in [-0.05, 0) is 69.4 Å². The molecule has 0 saturated carbocycles. The van der Waals surface area contributed by atoms with Crippen molar-refractivity contribution in [3.63, 3.8) is 0 Å². The Morgan fingerprint density at radius 3 is 2.10 bits per heavy atom. The normalized spacial score (nSPS) is 11.9. The highest BCUT2D eigenvalue weighted by Crippen LogP contribution is 2.30. The summed E-state index contributed by atoms with van der Waals surface area (Å²) in [7, 11) is 1.65. The third kappa shape index (κ3) is 4.70. The van der Waals surface area contributed by atoms with E-state index in [1.54, 1.807) is 32.4 Å². The number of benzene rings is 1. The summed E-state index contributed by atoms with van der Waals surface area (Å²) in [5.41, 5.74) is 1.44. The van der Waals surface area contributed by atoms with E-state index >= 15 is 0 Å². The fraction of sp³-hybridized carbons (Fsp3) is 0.458. The molecule has 168 valence electrons. The first kappa shape index (κ1) is 24.3. The molecule has 0 aliphatic rings. The van der Waals surface area contributed by atoms with Gasteiger partial charge >= 0.3 is 0 Å². The average molecular weight is 430 g/mol. The van der Waals surface area contributed by atoms with Crippen LogP contribution < -0.4 is 10.6 Å². The fourth-order valence-corrected chi connectivity index (χ4v) is 3.19. The van der Waals surface area contributed by atoms with E-state index < -0.39 is 23.1 Å². The molecule has 2 aromatic rings. The summed E-state index contributed by atoms with van der Waals surface area (Å²) in [5, 5.41) is 5.56. The maximum Gasteiger partial charge on any atom is 0.294 e. The van der Waals surface area contributed by atoms with Gasteiger partial charge in [0.2, 0.25) is 0 Å². The summed E-state index contributed by atoms with van der Waals surface area (Å²) in [4.78, 5) is 38.7. The van der Waals surface area contributed by atoms with Crippen LogP contribution in [0.25, 0.3) is 0 Å². The van der Waals surface area contributed by atoms with Crippen LogP contribution in [0.15, 0.2) is 18.2 Å². The number of Topliss-reactive ketones (excluding diaryl/α,β-unsaturated/α-hetero) is 1. The van der Waals surface area contributed by atoms with Crippen LogP contribution in [0.2, 0.25) is 0 Å². The third-order valence-corrected chi connectivity index (χ3v) is 6.30. The Hall–Kier alpha value is -2.96. The van der Waals surface area contributed by atoms with Crippen LogP contribution in [0, 0.1) is 32.0 Å². The van der Waals surface area contributed by atoms with Crippen LogP contribution in [0.4, 0.5) is 10.1 Å². The Balaban J connectivity index is 2.36. The summed E-state index contributed by atoms with van der Waals surface area (Å²) in [6, 6.07) is 4.29. The van der Waals surface area contributed by atoms with E-state index in [9.17, 15) is 18.8 Å². The van der Waals surface area contributed by atoms with E-state index in [-0.39, 0.29) is 16.9 Å². The molecule has 0 bridgehead atoms. The minimum Gasteiger partial charge on any atom is -0.344 e. The molecular weight excluding hydrogens is 397 g/mol. The number of aryl methyl sites for hydroxylation is 1. The molecule has 0 saturated heterocycles. The molecule has 0 radical (unpaired) electrons. The van der Waals surface area contributed by atoms with Crippen LogP contribution in [0.1, 0.15) is 72.3 Å². The molecule has 0 atom stereocenters. The summed E-state index contributed by atoms with van der Waals surface area (Å²) in [6.07, 6.45) is 0. The number of halogens is 1. The second kappa shape index (κ2) is 8.29. The first-order chi connectivity index (χ1) is 14.1. The summed E-state index contributed by atoms with van der Waals surface area (Å²) in [6.45, 7) is 14.6. The molecule has 2 rings (SSSR count). The zero-order chi connectivity index (χ0) is 23.9. The number of anilines is 1. The molecule has 0 aliphatic carbocycles. The van der Waals surface area contributed by atoms with Crippen molar-refractivity contribution in [2.45, 2.75) is 60.9 Å². The number of rotatable bonds is 5. The Labute approximate surface area is 183 Å². The van der Waals surface area contributed by atoms with Crippen molar-refractivity contribution in [1.82, 2.24) is 9.88 Å². The number of nitrogens with one attached hydrogen (secondary N) is 2. The molecular formula is C24H32FN3O3. The molecule has 0 aliphatic heterocycles.